The van der Waals surface area contributed by atoms with E-state index in [9.17, 15) is 13.2 Å². The molecule has 0 unspecified atom stereocenters. The normalized spacial score (nSPS) is 19.5. The van der Waals surface area contributed by atoms with Crippen LogP contribution in [0.5, 0.6) is 0 Å². The second kappa shape index (κ2) is 7.31. The van der Waals surface area contributed by atoms with Crippen molar-refractivity contribution >= 4 is 15.9 Å². The summed E-state index contributed by atoms with van der Waals surface area (Å²) in [4.78, 5) is 12.7. The Morgan fingerprint density at radius 1 is 1.04 bits per heavy atom. The number of nitrogens with zero attached hydrogens (tertiary/aromatic N) is 1. The molecule has 0 atom stereocenters. The summed E-state index contributed by atoms with van der Waals surface area (Å²) in [5, 5.41) is 3.03. The lowest BCUT2D eigenvalue weighted by atomic mass is 9.97. The van der Waals surface area contributed by atoms with Gasteiger partial charge in [0.1, 0.15) is 0 Å². The highest BCUT2D eigenvalue weighted by Gasteiger charge is 2.34. The molecule has 3 rings (SSSR count). The van der Waals surface area contributed by atoms with Crippen LogP contribution in [0.4, 0.5) is 0 Å². The summed E-state index contributed by atoms with van der Waals surface area (Å²) in [6.07, 6.45) is 3.62. The number of hydrogen-bond donors (Lipinski definition) is 1. The summed E-state index contributed by atoms with van der Waals surface area (Å²) in [6.45, 7) is 9.28. The van der Waals surface area contributed by atoms with Gasteiger partial charge in [-0.2, -0.15) is 4.31 Å². The molecule has 1 aromatic carbocycles. The van der Waals surface area contributed by atoms with Crippen LogP contribution in [-0.2, 0) is 14.8 Å². The molecule has 1 aliphatic carbocycles. The van der Waals surface area contributed by atoms with E-state index in [0.29, 0.717) is 36.7 Å². The molecule has 0 spiro atoms. The van der Waals surface area contributed by atoms with Crippen molar-refractivity contribution in [3.05, 3.63) is 28.3 Å². The van der Waals surface area contributed by atoms with E-state index in [4.69, 9.17) is 0 Å². The number of benzene rings is 1. The number of piperidine rings is 1. The third-order valence-electron chi connectivity index (χ3n) is 5.98. The van der Waals surface area contributed by atoms with Crippen molar-refractivity contribution < 1.29 is 13.2 Å². The van der Waals surface area contributed by atoms with Gasteiger partial charge in [-0.15, -0.1) is 0 Å². The minimum absolute atomic E-state index is 0.0679. The van der Waals surface area contributed by atoms with Crippen LogP contribution in [-0.4, -0.2) is 38.3 Å². The van der Waals surface area contributed by atoms with Crippen molar-refractivity contribution in [3.63, 3.8) is 0 Å². The Labute approximate surface area is 157 Å². The predicted molar refractivity (Wildman–Crippen MR) is 103 cm³/mol. The topological polar surface area (TPSA) is 66.5 Å². The first kappa shape index (κ1) is 19.4. The van der Waals surface area contributed by atoms with Crippen LogP contribution in [0.15, 0.2) is 11.0 Å². The molecule has 1 aliphatic heterocycles. The Bertz CT molecular complexity index is 779. The molecule has 144 valence electrons. The van der Waals surface area contributed by atoms with Crippen LogP contribution in [0, 0.1) is 39.5 Å². The minimum Gasteiger partial charge on any atom is -0.356 e. The molecular formula is C20H30N2O3S. The molecule has 0 bridgehead atoms. The zero-order valence-corrected chi connectivity index (χ0v) is 17.1. The zero-order valence-electron chi connectivity index (χ0n) is 16.3. The first-order valence-corrected chi connectivity index (χ1v) is 11.0. The molecule has 1 heterocycles. The lowest BCUT2D eigenvalue weighted by molar-refractivity contribution is -0.126. The molecule has 6 heteroatoms. The fourth-order valence-electron chi connectivity index (χ4n) is 3.77. The fraction of sp³-hybridized carbons (Fsp3) is 0.650. The van der Waals surface area contributed by atoms with E-state index in [0.717, 1.165) is 28.8 Å². The van der Waals surface area contributed by atoms with E-state index in [1.807, 2.05) is 33.8 Å². The van der Waals surface area contributed by atoms with Crippen LogP contribution >= 0.6 is 0 Å². The van der Waals surface area contributed by atoms with Crippen molar-refractivity contribution in [3.8, 4) is 0 Å². The van der Waals surface area contributed by atoms with Gasteiger partial charge < -0.3 is 5.32 Å². The van der Waals surface area contributed by atoms with Crippen LogP contribution in [0.3, 0.4) is 0 Å². The maximum atomic E-state index is 13.3. The third-order valence-corrected chi connectivity index (χ3v) is 8.15. The zero-order chi connectivity index (χ0) is 19.1. The first-order chi connectivity index (χ1) is 12.2. The van der Waals surface area contributed by atoms with Gasteiger partial charge in [-0.3, -0.25) is 4.79 Å². The number of nitrogens with one attached hydrogen (secondary N) is 1. The molecule has 0 aromatic heterocycles. The molecule has 1 saturated heterocycles. The number of rotatable bonds is 5. The highest BCUT2D eigenvalue weighted by atomic mass is 32.2. The van der Waals surface area contributed by atoms with Gasteiger partial charge >= 0.3 is 0 Å². The van der Waals surface area contributed by atoms with Crippen LogP contribution < -0.4 is 5.32 Å². The number of aryl methyl sites for hydroxylation is 2. The summed E-state index contributed by atoms with van der Waals surface area (Å²) >= 11 is 0. The standard InChI is InChI=1S/C20H30N2O3S/c1-13-11-14(2)16(4)19(15(13)3)26(24,25)22-9-7-18(8-10-22)20(23)21-12-17-5-6-17/h11,17-18H,5-10,12H2,1-4H3,(H,21,23). The minimum atomic E-state index is -3.53. The molecule has 1 aromatic rings. The molecule has 2 fully saturated rings. The van der Waals surface area contributed by atoms with Gasteiger partial charge in [-0.05, 0) is 81.5 Å². The number of carbonyl (C=O) groups is 1. The van der Waals surface area contributed by atoms with E-state index >= 15 is 0 Å². The number of amides is 1. The van der Waals surface area contributed by atoms with Gasteiger partial charge in [0.05, 0.1) is 4.90 Å². The predicted octanol–water partition coefficient (Wildman–Crippen LogP) is 2.85. The van der Waals surface area contributed by atoms with Crippen molar-refractivity contribution in [2.75, 3.05) is 19.6 Å². The molecule has 2 aliphatic rings. The molecule has 0 radical (unpaired) electrons. The van der Waals surface area contributed by atoms with Gasteiger partial charge in [0.15, 0.2) is 0 Å². The lowest BCUT2D eigenvalue weighted by Crippen LogP contribution is -2.43. The SMILES string of the molecule is Cc1cc(C)c(C)c(S(=O)(=O)N2CCC(C(=O)NCC3CC3)CC2)c1C. The number of sulfonamides is 1. The van der Waals surface area contributed by atoms with Gasteiger partial charge in [0.2, 0.25) is 15.9 Å². The maximum Gasteiger partial charge on any atom is 0.243 e. The highest BCUT2D eigenvalue weighted by molar-refractivity contribution is 7.89. The summed E-state index contributed by atoms with van der Waals surface area (Å²) in [5.74, 6) is 0.685. The fourth-order valence-corrected chi connectivity index (χ4v) is 5.81. The first-order valence-electron chi connectivity index (χ1n) is 9.57. The van der Waals surface area contributed by atoms with E-state index in [1.165, 1.54) is 12.8 Å². The van der Waals surface area contributed by atoms with Crippen molar-refractivity contribution in [2.45, 2.75) is 58.3 Å². The molecule has 26 heavy (non-hydrogen) atoms. The molecular weight excluding hydrogens is 348 g/mol. The van der Waals surface area contributed by atoms with Gasteiger partial charge in [-0.1, -0.05) is 6.07 Å². The van der Waals surface area contributed by atoms with Gasteiger partial charge in [0.25, 0.3) is 0 Å². The molecule has 1 N–H and O–H groups in total. The van der Waals surface area contributed by atoms with Crippen LogP contribution in [0.2, 0.25) is 0 Å². The van der Waals surface area contributed by atoms with E-state index in [-0.39, 0.29) is 11.8 Å². The highest BCUT2D eigenvalue weighted by Crippen LogP contribution is 2.31. The monoisotopic (exact) mass is 378 g/mol. The summed E-state index contributed by atoms with van der Waals surface area (Å²) in [5.41, 5.74) is 3.66. The quantitative estimate of drug-likeness (QED) is 0.857. The summed E-state index contributed by atoms with van der Waals surface area (Å²) in [7, 11) is -3.53. The van der Waals surface area contributed by atoms with E-state index in [1.54, 1.807) is 4.31 Å². The van der Waals surface area contributed by atoms with Crippen molar-refractivity contribution in [2.24, 2.45) is 11.8 Å². The van der Waals surface area contributed by atoms with Crippen LogP contribution in [0.1, 0.15) is 47.9 Å². The van der Waals surface area contributed by atoms with Gasteiger partial charge in [0, 0.05) is 25.6 Å². The summed E-state index contributed by atoms with van der Waals surface area (Å²) < 4.78 is 28.1. The molecule has 1 amide bonds. The number of hydrogen-bond acceptors (Lipinski definition) is 3. The van der Waals surface area contributed by atoms with Crippen LogP contribution in [0.25, 0.3) is 0 Å². The van der Waals surface area contributed by atoms with E-state index in [2.05, 4.69) is 5.32 Å². The van der Waals surface area contributed by atoms with Crippen molar-refractivity contribution in [1.29, 1.82) is 0 Å². The average molecular weight is 379 g/mol. The lowest BCUT2D eigenvalue weighted by Gasteiger charge is -2.31. The smallest absolute Gasteiger partial charge is 0.243 e. The number of carbonyl (C=O) groups excluding carboxylic acids is 1. The van der Waals surface area contributed by atoms with Crippen molar-refractivity contribution in [1.82, 2.24) is 9.62 Å². The van der Waals surface area contributed by atoms with Gasteiger partial charge in [-0.25, -0.2) is 8.42 Å². The Kier molecular flexibility index (Phi) is 5.45. The molecule has 1 saturated carbocycles. The Hall–Kier alpha value is -1.40. The largest absolute Gasteiger partial charge is 0.356 e. The Balaban J connectivity index is 1.71. The maximum absolute atomic E-state index is 13.3. The summed E-state index contributed by atoms with van der Waals surface area (Å²) in [6, 6.07) is 2.04. The average Bonchev–Trinajstić information content (AvgIpc) is 3.42. The second-order valence-corrected chi connectivity index (χ2v) is 9.83. The molecule has 5 nitrogen and oxygen atoms in total. The second-order valence-electron chi connectivity index (χ2n) is 7.96. The third kappa shape index (κ3) is 3.81. The van der Waals surface area contributed by atoms with E-state index < -0.39 is 10.0 Å². The Morgan fingerprint density at radius 2 is 1.58 bits per heavy atom. The Morgan fingerprint density at radius 3 is 2.08 bits per heavy atom.